The van der Waals surface area contributed by atoms with Crippen molar-refractivity contribution in [3.8, 4) is 5.75 Å². The highest BCUT2D eigenvalue weighted by Gasteiger charge is 2.41. The van der Waals surface area contributed by atoms with E-state index in [0.717, 1.165) is 11.1 Å². The van der Waals surface area contributed by atoms with Gasteiger partial charge in [0, 0.05) is 5.56 Å². The molecule has 1 unspecified atom stereocenters. The Morgan fingerprint density at radius 2 is 2.15 bits per heavy atom. The first kappa shape index (κ1) is 8.26. The number of hydrogen-bond donors (Lipinski definition) is 1. The van der Waals surface area contributed by atoms with E-state index in [-0.39, 0.29) is 5.97 Å². The summed E-state index contributed by atoms with van der Waals surface area (Å²) in [5, 5.41) is 0. The van der Waals surface area contributed by atoms with E-state index in [9.17, 15) is 4.79 Å². The van der Waals surface area contributed by atoms with Gasteiger partial charge in [0.25, 0.3) is 0 Å². The van der Waals surface area contributed by atoms with Crippen LogP contribution in [0, 0.1) is 6.92 Å². The van der Waals surface area contributed by atoms with Gasteiger partial charge < -0.3 is 10.5 Å². The minimum absolute atomic E-state index is 0.381. The Bertz CT molecular complexity index is 383. The molecule has 0 aromatic heterocycles. The molecule has 0 saturated carbocycles. The number of carbonyl (C=O) groups excluding carboxylic acids is 1. The first-order chi connectivity index (χ1) is 6.01. The molecule has 1 heterocycles. The van der Waals surface area contributed by atoms with Crippen LogP contribution in [0.25, 0.3) is 0 Å². The van der Waals surface area contributed by atoms with Gasteiger partial charge in [0.2, 0.25) is 0 Å². The Hall–Kier alpha value is -1.35. The quantitative estimate of drug-likeness (QED) is 0.476. The van der Waals surface area contributed by atoms with E-state index in [4.69, 9.17) is 10.5 Å². The van der Waals surface area contributed by atoms with Crippen molar-refractivity contribution in [3.63, 3.8) is 0 Å². The third kappa shape index (κ3) is 1.04. The second-order valence-corrected chi connectivity index (χ2v) is 3.59. The van der Waals surface area contributed by atoms with E-state index in [1.165, 1.54) is 0 Å². The summed E-state index contributed by atoms with van der Waals surface area (Å²) in [7, 11) is 0. The van der Waals surface area contributed by atoms with Crippen LogP contribution >= 0.6 is 0 Å². The van der Waals surface area contributed by atoms with Crippen LogP contribution < -0.4 is 10.5 Å². The van der Waals surface area contributed by atoms with Crippen LogP contribution in [0.2, 0.25) is 0 Å². The standard InChI is InChI=1S/C10H11NO2/c1-6-3-4-8-7(5-6)10(2,11)9(12)13-8/h3-5H,11H2,1-2H3. The highest BCUT2D eigenvalue weighted by atomic mass is 16.5. The van der Waals surface area contributed by atoms with Gasteiger partial charge in [-0.05, 0) is 26.0 Å². The number of nitrogens with two attached hydrogens (primary N) is 1. The third-order valence-corrected chi connectivity index (χ3v) is 2.32. The molecule has 0 saturated heterocycles. The second-order valence-electron chi connectivity index (χ2n) is 3.59. The maximum Gasteiger partial charge on any atom is 0.336 e. The van der Waals surface area contributed by atoms with Gasteiger partial charge in [-0.25, -0.2) is 4.79 Å². The molecule has 0 amide bonds. The molecule has 0 radical (unpaired) electrons. The molecule has 1 aromatic carbocycles. The topological polar surface area (TPSA) is 52.3 Å². The highest BCUT2D eigenvalue weighted by molar-refractivity contribution is 5.89. The molecule has 1 aromatic rings. The summed E-state index contributed by atoms with van der Waals surface area (Å²) in [6.07, 6.45) is 0. The molecule has 3 nitrogen and oxygen atoms in total. The Labute approximate surface area is 76.5 Å². The van der Waals surface area contributed by atoms with Crippen molar-refractivity contribution in [2.75, 3.05) is 0 Å². The van der Waals surface area contributed by atoms with Gasteiger partial charge in [-0.15, -0.1) is 0 Å². The molecule has 1 aliphatic rings. The summed E-state index contributed by atoms with van der Waals surface area (Å²) in [5.41, 5.74) is 6.70. The number of rotatable bonds is 0. The molecule has 0 fully saturated rings. The van der Waals surface area contributed by atoms with Crippen LogP contribution in [0.5, 0.6) is 5.75 Å². The Morgan fingerprint density at radius 1 is 1.46 bits per heavy atom. The predicted octanol–water partition coefficient (Wildman–Crippen LogP) is 1.09. The van der Waals surface area contributed by atoms with Crippen molar-refractivity contribution in [2.24, 2.45) is 5.73 Å². The van der Waals surface area contributed by atoms with Gasteiger partial charge in [-0.1, -0.05) is 11.6 Å². The van der Waals surface area contributed by atoms with Crippen LogP contribution in [0.1, 0.15) is 18.1 Å². The molecule has 1 aliphatic heterocycles. The number of carbonyl (C=O) groups is 1. The lowest BCUT2D eigenvalue weighted by atomic mass is 9.94. The molecule has 2 rings (SSSR count). The maximum atomic E-state index is 11.3. The molecular weight excluding hydrogens is 166 g/mol. The normalized spacial score (nSPS) is 25.6. The first-order valence-corrected chi connectivity index (χ1v) is 4.14. The number of esters is 1. The number of benzene rings is 1. The average Bonchev–Trinajstić information content (AvgIpc) is 2.27. The number of fused-ring (bicyclic) bond motifs is 1. The van der Waals surface area contributed by atoms with Crippen molar-refractivity contribution in [3.05, 3.63) is 29.3 Å². The molecular formula is C10H11NO2. The molecule has 0 spiro atoms. The Kier molecular flexibility index (Phi) is 1.48. The third-order valence-electron chi connectivity index (χ3n) is 2.32. The van der Waals surface area contributed by atoms with Gasteiger partial charge in [-0.3, -0.25) is 0 Å². The number of hydrogen-bond acceptors (Lipinski definition) is 3. The summed E-state index contributed by atoms with van der Waals surface area (Å²) in [5.74, 6) is 0.203. The summed E-state index contributed by atoms with van der Waals surface area (Å²) in [4.78, 5) is 11.3. The van der Waals surface area contributed by atoms with E-state index < -0.39 is 5.54 Å². The minimum Gasteiger partial charge on any atom is -0.425 e. The van der Waals surface area contributed by atoms with Crippen molar-refractivity contribution < 1.29 is 9.53 Å². The first-order valence-electron chi connectivity index (χ1n) is 4.14. The molecule has 3 heteroatoms. The smallest absolute Gasteiger partial charge is 0.336 e. The van der Waals surface area contributed by atoms with E-state index in [1.54, 1.807) is 13.0 Å². The predicted molar refractivity (Wildman–Crippen MR) is 48.4 cm³/mol. The molecule has 0 aliphatic carbocycles. The zero-order chi connectivity index (χ0) is 9.64. The highest BCUT2D eigenvalue weighted by Crippen LogP contribution is 2.36. The second kappa shape index (κ2) is 2.33. The zero-order valence-electron chi connectivity index (χ0n) is 7.63. The number of ether oxygens (including phenoxy) is 1. The van der Waals surface area contributed by atoms with E-state index in [0.29, 0.717) is 5.75 Å². The monoisotopic (exact) mass is 177 g/mol. The van der Waals surface area contributed by atoms with Crippen LogP contribution in [0.3, 0.4) is 0 Å². The van der Waals surface area contributed by atoms with E-state index in [1.807, 2.05) is 19.1 Å². The summed E-state index contributed by atoms with van der Waals surface area (Å²) in [6.45, 7) is 3.62. The fourth-order valence-electron chi connectivity index (χ4n) is 1.45. The van der Waals surface area contributed by atoms with Gasteiger partial charge in [0.05, 0.1) is 0 Å². The van der Waals surface area contributed by atoms with Crippen LogP contribution in [-0.2, 0) is 10.3 Å². The Morgan fingerprint density at radius 3 is 2.85 bits per heavy atom. The fraction of sp³-hybridized carbons (Fsp3) is 0.300. The lowest BCUT2D eigenvalue weighted by Gasteiger charge is -2.12. The van der Waals surface area contributed by atoms with Crippen molar-refractivity contribution in [1.29, 1.82) is 0 Å². The molecule has 1 atom stereocenters. The molecule has 2 N–H and O–H groups in total. The van der Waals surface area contributed by atoms with Crippen molar-refractivity contribution in [2.45, 2.75) is 19.4 Å². The number of aryl methyl sites for hydroxylation is 1. The van der Waals surface area contributed by atoms with Crippen LogP contribution in [0.15, 0.2) is 18.2 Å². The van der Waals surface area contributed by atoms with Gasteiger partial charge in [0.1, 0.15) is 11.3 Å². The zero-order valence-corrected chi connectivity index (χ0v) is 7.63. The van der Waals surface area contributed by atoms with Crippen molar-refractivity contribution >= 4 is 5.97 Å². The fourth-order valence-corrected chi connectivity index (χ4v) is 1.45. The van der Waals surface area contributed by atoms with Crippen LogP contribution in [-0.4, -0.2) is 5.97 Å². The molecule has 0 bridgehead atoms. The van der Waals surface area contributed by atoms with Gasteiger partial charge in [-0.2, -0.15) is 0 Å². The van der Waals surface area contributed by atoms with Crippen molar-refractivity contribution in [1.82, 2.24) is 0 Å². The van der Waals surface area contributed by atoms with E-state index >= 15 is 0 Å². The summed E-state index contributed by atoms with van der Waals surface area (Å²) < 4.78 is 5.01. The SMILES string of the molecule is Cc1ccc2c(c1)C(C)(N)C(=O)O2. The Balaban J connectivity index is 2.64. The van der Waals surface area contributed by atoms with Gasteiger partial charge >= 0.3 is 5.97 Å². The lowest BCUT2D eigenvalue weighted by molar-refractivity contribution is -0.137. The van der Waals surface area contributed by atoms with E-state index in [2.05, 4.69) is 0 Å². The maximum absolute atomic E-state index is 11.3. The molecule has 13 heavy (non-hydrogen) atoms. The van der Waals surface area contributed by atoms with Crippen LogP contribution in [0.4, 0.5) is 0 Å². The summed E-state index contributed by atoms with van der Waals surface area (Å²) >= 11 is 0. The average molecular weight is 177 g/mol. The van der Waals surface area contributed by atoms with Gasteiger partial charge in [0.15, 0.2) is 0 Å². The molecule has 68 valence electrons. The lowest BCUT2D eigenvalue weighted by Crippen LogP contribution is -2.39. The minimum atomic E-state index is -0.985. The largest absolute Gasteiger partial charge is 0.425 e. The summed E-state index contributed by atoms with van der Waals surface area (Å²) in [6, 6.07) is 5.56.